The first-order valence-corrected chi connectivity index (χ1v) is 6.53. The molecule has 0 radical (unpaired) electrons. The summed E-state index contributed by atoms with van der Waals surface area (Å²) in [6, 6.07) is 6.23. The van der Waals surface area contributed by atoms with Gasteiger partial charge in [-0.15, -0.1) is 11.3 Å². The maximum absolute atomic E-state index is 13.2. The van der Waals surface area contributed by atoms with Crippen LogP contribution in [0.2, 0.25) is 0 Å². The van der Waals surface area contributed by atoms with E-state index in [2.05, 4.69) is 15.9 Å². The highest BCUT2D eigenvalue weighted by Crippen LogP contribution is 2.23. The zero-order valence-electron chi connectivity index (χ0n) is 8.95. The van der Waals surface area contributed by atoms with Crippen molar-refractivity contribution in [2.24, 2.45) is 0 Å². The molecule has 0 amide bonds. The summed E-state index contributed by atoms with van der Waals surface area (Å²) >= 11 is 4.49. The summed E-state index contributed by atoms with van der Waals surface area (Å²) in [5.74, 6) is -1.86. The molecule has 0 fully saturated rings. The normalized spacial score (nSPS) is 10.4. The lowest BCUT2D eigenvalue weighted by Gasteiger charge is -2.05. The van der Waals surface area contributed by atoms with Crippen LogP contribution in [-0.2, 0) is 0 Å². The average molecular weight is 333 g/mol. The number of halogens is 3. The summed E-state index contributed by atoms with van der Waals surface area (Å²) in [4.78, 5) is 12.2. The van der Waals surface area contributed by atoms with Crippen LogP contribution < -0.4 is 4.74 Å². The molecule has 18 heavy (non-hydrogen) atoms. The number of hydrogen-bond acceptors (Lipinski definition) is 3. The van der Waals surface area contributed by atoms with Crippen molar-refractivity contribution >= 4 is 33.0 Å². The van der Waals surface area contributed by atoms with Gasteiger partial charge in [-0.2, -0.15) is 0 Å². The van der Waals surface area contributed by atoms with Gasteiger partial charge in [0.1, 0.15) is 5.82 Å². The third kappa shape index (κ3) is 3.14. The largest absolute Gasteiger partial charge is 0.482 e. The number of carbonyl (C=O) groups is 1. The van der Waals surface area contributed by atoms with E-state index in [1.165, 1.54) is 11.3 Å². The number of benzene rings is 1. The van der Waals surface area contributed by atoms with Crippen LogP contribution >= 0.6 is 27.3 Å². The molecule has 0 unspecified atom stereocenters. The molecule has 0 aliphatic heterocycles. The van der Waals surface area contributed by atoms with E-state index in [4.69, 9.17) is 4.74 Å². The van der Waals surface area contributed by atoms with Crippen molar-refractivity contribution in [1.29, 1.82) is 0 Å². The van der Waals surface area contributed by atoms with Crippen LogP contribution in [0.4, 0.5) is 8.78 Å². The monoisotopic (exact) mass is 332 g/mol. The Balaban J connectivity index is 2.03. The van der Waals surface area contributed by atoms with Gasteiger partial charge in [-0.05, 0) is 40.2 Å². The Morgan fingerprint density at radius 1 is 1.28 bits per heavy atom. The molecule has 0 atom stereocenters. The number of rotatable bonds is 4. The molecule has 2 nitrogen and oxygen atoms in total. The zero-order chi connectivity index (χ0) is 13.1. The predicted octanol–water partition coefficient (Wildman–Crippen LogP) is 4.05. The van der Waals surface area contributed by atoms with E-state index in [1.54, 1.807) is 12.1 Å². The summed E-state index contributed by atoms with van der Waals surface area (Å²) in [6.07, 6.45) is 0. The number of hydrogen-bond donors (Lipinski definition) is 0. The van der Waals surface area contributed by atoms with E-state index in [0.29, 0.717) is 4.88 Å². The molecule has 0 aliphatic rings. The molecule has 0 saturated carbocycles. The second-order valence-electron chi connectivity index (χ2n) is 3.39. The Morgan fingerprint density at radius 3 is 2.72 bits per heavy atom. The van der Waals surface area contributed by atoms with Crippen molar-refractivity contribution in [3.63, 3.8) is 0 Å². The Morgan fingerprint density at radius 2 is 2.06 bits per heavy atom. The van der Waals surface area contributed by atoms with Crippen molar-refractivity contribution in [2.75, 3.05) is 6.61 Å². The zero-order valence-corrected chi connectivity index (χ0v) is 11.4. The van der Waals surface area contributed by atoms with Crippen LogP contribution in [-0.4, -0.2) is 12.4 Å². The Bertz CT molecular complexity index is 583. The molecular weight excluding hydrogens is 326 g/mol. The van der Waals surface area contributed by atoms with Gasteiger partial charge in [-0.3, -0.25) is 4.79 Å². The Kier molecular flexibility index (Phi) is 4.08. The van der Waals surface area contributed by atoms with E-state index in [9.17, 15) is 13.6 Å². The predicted molar refractivity (Wildman–Crippen MR) is 68.2 cm³/mol. The van der Waals surface area contributed by atoms with E-state index >= 15 is 0 Å². The number of ketones is 1. The minimum Gasteiger partial charge on any atom is -0.482 e. The van der Waals surface area contributed by atoms with Gasteiger partial charge < -0.3 is 4.74 Å². The van der Waals surface area contributed by atoms with Crippen molar-refractivity contribution in [3.8, 4) is 5.75 Å². The van der Waals surface area contributed by atoms with Crippen molar-refractivity contribution < 1.29 is 18.3 Å². The summed E-state index contributed by atoms with van der Waals surface area (Å²) in [5, 5.41) is 0. The second-order valence-corrected chi connectivity index (χ2v) is 5.85. The quantitative estimate of drug-likeness (QED) is 0.789. The minimum absolute atomic E-state index is 0.265. The average Bonchev–Trinajstić information content (AvgIpc) is 2.77. The van der Waals surface area contributed by atoms with E-state index < -0.39 is 11.6 Å². The third-order valence-electron chi connectivity index (χ3n) is 2.10. The number of thiophene rings is 1. The van der Waals surface area contributed by atoms with Gasteiger partial charge in [0.05, 0.1) is 8.66 Å². The van der Waals surface area contributed by atoms with Crippen LogP contribution in [0.1, 0.15) is 9.67 Å². The molecule has 0 N–H and O–H groups in total. The van der Waals surface area contributed by atoms with Gasteiger partial charge in [0.2, 0.25) is 5.78 Å². The van der Waals surface area contributed by atoms with Gasteiger partial charge in [0, 0.05) is 6.07 Å². The van der Waals surface area contributed by atoms with Gasteiger partial charge in [-0.25, -0.2) is 8.78 Å². The van der Waals surface area contributed by atoms with Crippen LogP contribution in [0.25, 0.3) is 0 Å². The fraction of sp³-hybridized carbons (Fsp3) is 0.0833. The summed E-state index contributed by atoms with van der Waals surface area (Å²) < 4.78 is 31.9. The number of carbonyl (C=O) groups excluding carboxylic acids is 1. The van der Waals surface area contributed by atoms with Crippen LogP contribution in [0.5, 0.6) is 5.75 Å². The SMILES string of the molecule is O=C(COc1cc(F)ccc1F)c1ccc(Br)s1. The molecule has 6 heteroatoms. The fourth-order valence-corrected chi connectivity index (χ4v) is 2.58. The van der Waals surface area contributed by atoms with Crippen LogP contribution in [0, 0.1) is 11.6 Å². The van der Waals surface area contributed by atoms with E-state index in [-0.39, 0.29) is 18.1 Å². The molecule has 0 spiro atoms. The van der Waals surface area contributed by atoms with E-state index in [1.807, 2.05) is 0 Å². The van der Waals surface area contributed by atoms with Gasteiger partial charge in [-0.1, -0.05) is 0 Å². The molecule has 2 rings (SSSR count). The van der Waals surface area contributed by atoms with Crippen molar-refractivity contribution in [1.82, 2.24) is 0 Å². The van der Waals surface area contributed by atoms with E-state index in [0.717, 1.165) is 22.0 Å². The van der Waals surface area contributed by atoms with Crippen LogP contribution in [0.3, 0.4) is 0 Å². The minimum atomic E-state index is -0.698. The fourth-order valence-electron chi connectivity index (χ4n) is 1.27. The molecule has 1 heterocycles. The van der Waals surface area contributed by atoms with Gasteiger partial charge in [0.15, 0.2) is 18.2 Å². The highest BCUT2D eigenvalue weighted by atomic mass is 79.9. The molecule has 0 bridgehead atoms. The molecule has 2 aromatic rings. The molecule has 1 aromatic heterocycles. The maximum atomic E-state index is 13.2. The third-order valence-corrected chi connectivity index (χ3v) is 3.76. The lowest BCUT2D eigenvalue weighted by Crippen LogP contribution is -2.11. The molecule has 1 aromatic carbocycles. The number of ether oxygens (including phenoxy) is 1. The lowest BCUT2D eigenvalue weighted by atomic mass is 10.3. The molecular formula is C12H7BrF2O2S. The van der Waals surface area contributed by atoms with Crippen molar-refractivity contribution in [3.05, 3.63) is 50.6 Å². The summed E-state index contributed by atoms with van der Waals surface area (Å²) in [6.45, 7) is -0.326. The smallest absolute Gasteiger partial charge is 0.210 e. The summed E-state index contributed by atoms with van der Waals surface area (Å²) in [5.41, 5.74) is 0. The highest BCUT2D eigenvalue weighted by molar-refractivity contribution is 9.11. The Labute approximate surface area is 114 Å². The van der Waals surface area contributed by atoms with Gasteiger partial charge in [0.25, 0.3) is 0 Å². The molecule has 0 saturated heterocycles. The second kappa shape index (κ2) is 5.58. The first kappa shape index (κ1) is 13.2. The highest BCUT2D eigenvalue weighted by Gasteiger charge is 2.11. The first-order chi connectivity index (χ1) is 8.56. The standard InChI is InChI=1S/C12H7BrF2O2S/c13-12-4-3-11(18-12)9(16)6-17-10-5-7(14)1-2-8(10)15/h1-5H,6H2. The topological polar surface area (TPSA) is 26.3 Å². The van der Waals surface area contributed by atoms with Crippen LogP contribution in [0.15, 0.2) is 34.1 Å². The first-order valence-electron chi connectivity index (χ1n) is 4.92. The molecule has 0 aliphatic carbocycles. The van der Waals surface area contributed by atoms with Gasteiger partial charge >= 0.3 is 0 Å². The summed E-state index contributed by atoms with van der Waals surface area (Å²) in [7, 11) is 0. The van der Waals surface area contributed by atoms with Crippen molar-refractivity contribution in [2.45, 2.75) is 0 Å². The molecule has 94 valence electrons. The number of Topliss-reactive ketones (excluding diaryl/α,β-unsaturated/α-hetero) is 1. The Hall–Kier alpha value is -1.27. The maximum Gasteiger partial charge on any atom is 0.210 e. The lowest BCUT2D eigenvalue weighted by molar-refractivity contribution is 0.0922.